The summed E-state index contributed by atoms with van der Waals surface area (Å²) in [6, 6.07) is 6.84. The lowest BCUT2D eigenvalue weighted by Gasteiger charge is -2.18. The molecule has 0 aliphatic heterocycles. The van der Waals surface area contributed by atoms with Gasteiger partial charge >= 0.3 is 0 Å². The standard InChI is InChI=1S/C14H24N2O4S/c1-12(2)19-9-8-16(3)21(17,18)11-10-20-14-6-4-13(15)5-7-14/h4-7,12H,8-11,15H2,1-3H3. The number of sulfonamides is 1. The van der Waals surface area contributed by atoms with Crippen LogP contribution in [0.1, 0.15) is 13.8 Å². The summed E-state index contributed by atoms with van der Waals surface area (Å²) in [5.41, 5.74) is 6.20. The molecule has 0 amide bonds. The van der Waals surface area contributed by atoms with Gasteiger partial charge in [0.05, 0.1) is 18.5 Å². The van der Waals surface area contributed by atoms with Crippen LogP contribution < -0.4 is 10.5 Å². The zero-order valence-corrected chi connectivity index (χ0v) is 13.6. The maximum absolute atomic E-state index is 12.0. The van der Waals surface area contributed by atoms with Gasteiger partial charge in [-0.3, -0.25) is 0 Å². The Morgan fingerprint density at radius 1 is 1.19 bits per heavy atom. The molecule has 0 aromatic heterocycles. The van der Waals surface area contributed by atoms with Crippen molar-refractivity contribution in [2.24, 2.45) is 0 Å². The summed E-state index contributed by atoms with van der Waals surface area (Å²) >= 11 is 0. The Morgan fingerprint density at radius 3 is 2.38 bits per heavy atom. The van der Waals surface area contributed by atoms with Gasteiger partial charge in [0.2, 0.25) is 10.0 Å². The predicted molar refractivity (Wildman–Crippen MR) is 83.9 cm³/mol. The molecule has 0 aliphatic rings. The highest BCUT2D eigenvalue weighted by Crippen LogP contribution is 2.13. The molecule has 0 aliphatic carbocycles. The Hall–Kier alpha value is -1.31. The first kappa shape index (κ1) is 17.7. The second kappa shape index (κ2) is 8.21. The van der Waals surface area contributed by atoms with Crippen LogP contribution in [-0.2, 0) is 14.8 Å². The molecule has 1 aromatic carbocycles. The molecule has 0 heterocycles. The maximum Gasteiger partial charge on any atom is 0.217 e. The quantitative estimate of drug-likeness (QED) is 0.695. The molecule has 0 radical (unpaired) electrons. The average molecular weight is 316 g/mol. The molecule has 0 unspecified atom stereocenters. The lowest BCUT2D eigenvalue weighted by molar-refractivity contribution is 0.0736. The molecule has 2 N–H and O–H groups in total. The zero-order valence-electron chi connectivity index (χ0n) is 12.8. The van der Waals surface area contributed by atoms with Gasteiger partial charge in [0.25, 0.3) is 0 Å². The molecule has 120 valence electrons. The smallest absolute Gasteiger partial charge is 0.217 e. The number of nitrogens with zero attached hydrogens (tertiary/aromatic N) is 1. The topological polar surface area (TPSA) is 81.9 Å². The molecule has 0 bridgehead atoms. The van der Waals surface area contributed by atoms with Crippen LogP contribution in [0.4, 0.5) is 5.69 Å². The van der Waals surface area contributed by atoms with E-state index < -0.39 is 10.0 Å². The number of hydrogen-bond acceptors (Lipinski definition) is 5. The molecule has 7 heteroatoms. The molecule has 1 aromatic rings. The van der Waals surface area contributed by atoms with Crippen molar-refractivity contribution in [3.8, 4) is 5.75 Å². The van der Waals surface area contributed by atoms with Crippen LogP contribution in [-0.4, -0.2) is 51.4 Å². The van der Waals surface area contributed by atoms with Gasteiger partial charge in [-0.2, -0.15) is 0 Å². The van der Waals surface area contributed by atoms with Crippen LogP contribution in [0.25, 0.3) is 0 Å². The highest BCUT2D eigenvalue weighted by Gasteiger charge is 2.17. The van der Waals surface area contributed by atoms with E-state index in [1.54, 1.807) is 31.3 Å². The van der Waals surface area contributed by atoms with Crippen molar-refractivity contribution in [3.63, 3.8) is 0 Å². The Kier molecular flexibility index (Phi) is 6.94. The van der Waals surface area contributed by atoms with Crippen molar-refractivity contribution in [2.45, 2.75) is 20.0 Å². The number of ether oxygens (including phenoxy) is 2. The summed E-state index contributed by atoms with van der Waals surface area (Å²) in [5, 5.41) is 0. The first-order chi connectivity index (χ1) is 9.81. The fourth-order valence-corrected chi connectivity index (χ4v) is 2.50. The van der Waals surface area contributed by atoms with E-state index in [4.69, 9.17) is 15.2 Å². The van der Waals surface area contributed by atoms with Gasteiger partial charge in [0.1, 0.15) is 12.4 Å². The van der Waals surface area contributed by atoms with Gasteiger partial charge in [-0.05, 0) is 38.1 Å². The Balaban J connectivity index is 2.36. The zero-order chi connectivity index (χ0) is 15.9. The summed E-state index contributed by atoms with van der Waals surface area (Å²) in [5.74, 6) is 0.528. The van der Waals surface area contributed by atoms with Crippen LogP contribution in [0, 0.1) is 0 Å². The fourth-order valence-electron chi connectivity index (χ4n) is 1.54. The number of benzene rings is 1. The van der Waals surface area contributed by atoms with Gasteiger partial charge in [0.15, 0.2) is 0 Å². The minimum Gasteiger partial charge on any atom is -0.492 e. The number of anilines is 1. The van der Waals surface area contributed by atoms with Crippen molar-refractivity contribution in [2.75, 3.05) is 38.3 Å². The van der Waals surface area contributed by atoms with Crippen LogP contribution in [0.5, 0.6) is 5.75 Å². The molecular formula is C14H24N2O4S. The Labute approximate surface area is 126 Å². The number of likely N-dealkylation sites (N-methyl/N-ethyl adjacent to an activating group) is 1. The second-order valence-corrected chi connectivity index (χ2v) is 7.17. The lowest BCUT2D eigenvalue weighted by atomic mass is 10.3. The summed E-state index contributed by atoms with van der Waals surface area (Å²) in [7, 11) is -1.79. The van der Waals surface area contributed by atoms with Crippen LogP contribution in [0.15, 0.2) is 24.3 Å². The van der Waals surface area contributed by atoms with Crippen molar-refractivity contribution >= 4 is 15.7 Å². The molecular weight excluding hydrogens is 292 g/mol. The summed E-state index contributed by atoms with van der Waals surface area (Å²) < 4.78 is 36.1. The lowest BCUT2D eigenvalue weighted by Crippen LogP contribution is -2.34. The third-order valence-electron chi connectivity index (χ3n) is 2.82. The van der Waals surface area contributed by atoms with Crippen LogP contribution >= 0.6 is 0 Å². The summed E-state index contributed by atoms with van der Waals surface area (Å²) in [6.07, 6.45) is 0.0926. The van der Waals surface area contributed by atoms with E-state index in [2.05, 4.69) is 0 Å². The van der Waals surface area contributed by atoms with E-state index in [0.29, 0.717) is 24.6 Å². The van der Waals surface area contributed by atoms with E-state index in [-0.39, 0.29) is 18.5 Å². The van der Waals surface area contributed by atoms with Crippen LogP contribution in [0.2, 0.25) is 0 Å². The number of rotatable bonds is 9. The van der Waals surface area contributed by atoms with E-state index in [1.165, 1.54) is 4.31 Å². The Morgan fingerprint density at radius 2 is 1.81 bits per heavy atom. The van der Waals surface area contributed by atoms with E-state index in [0.717, 1.165) is 0 Å². The van der Waals surface area contributed by atoms with Gasteiger partial charge in [0, 0.05) is 19.3 Å². The van der Waals surface area contributed by atoms with Gasteiger partial charge < -0.3 is 15.2 Å². The first-order valence-electron chi connectivity index (χ1n) is 6.85. The molecule has 1 rings (SSSR count). The SMILES string of the molecule is CC(C)OCCN(C)S(=O)(=O)CCOc1ccc(N)cc1. The van der Waals surface area contributed by atoms with Gasteiger partial charge in [-0.15, -0.1) is 0 Å². The largest absolute Gasteiger partial charge is 0.492 e. The molecule has 0 fully saturated rings. The predicted octanol–water partition coefficient (Wildman–Crippen LogP) is 1.33. The third-order valence-corrected chi connectivity index (χ3v) is 4.64. The minimum absolute atomic E-state index is 0.0739. The van der Waals surface area contributed by atoms with Gasteiger partial charge in [-0.1, -0.05) is 0 Å². The van der Waals surface area contributed by atoms with Crippen LogP contribution in [0.3, 0.4) is 0 Å². The molecule has 0 atom stereocenters. The molecule has 0 saturated heterocycles. The number of hydrogen-bond donors (Lipinski definition) is 1. The summed E-state index contributed by atoms with van der Waals surface area (Å²) in [6.45, 7) is 4.64. The third kappa shape index (κ3) is 6.79. The Bertz CT molecular complexity index is 514. The van der Waals surface area contributed by atoms with Crippen molar-refractivity contribution in [3.05, 3.63) is 24.3 Å². The molecule has 21 heavy (non-hydrogen) atoms. The number of nitrogens with two attached hydrogens (primary N) is 1. The van der Waals surface area contributed by atoms with E-state index in [1.807, 2.05) is 13.8 Å². The van der Waals surface area contributed by atoms with Crippen molar-refractivity contribution in [1.29, 1.82) is 0 Å². The monoisotopic (exact) mass is 316 g/mol. The normalized spacial score (nSPS) is 12.0. The van der Waals surface area contributed by atoms with Crippen molar-refractivity contribution < 1.29 is 17.9 Å². The molecule has 6 nitrogen and oxygen atoms in total. The summed E-state index contributed by atoms with van der Waals surface area (Å²) in [4.78, 5) is 0. The van der Waals surface area contributed by atoms with E-state index >= 15 is 0 Å². The molecule has 0 spiro atoms. The fraction of sp³-hybridized carbons (Fsp3) is 0.571. The first-order valence-corrected chi connectivity index (χ1v) is 8.46. The number of nitrogen functional groups attached to an aromatic ring is 1. The van der Waals surface area contributed by atoms with E-state index in [9.17, 15) is 8.42 Å². The molecule has 0 saturated carbocycles. The van der Waals surface area contributed by atoms with Gasteiger partial charge in [-0.25, -0.2) is 12.7 Å². The second-order valence-electron chi connectivity index (χ2n) is 4.97. The maximum atomic E-state index is 12.0. The van der Waals surface area contributed by atoms with Crippen molar-refractivity contribution in [1.82, 2.24) is 4.31 Å². The highest BCUT2D eigenvalue weighted by molar-refractivity contribution is 7.89. The highest BCUT2D eigenvalue weighted by atomic mass is 32.2. The minimum atomic E-state index is -3.33. The average Bonchev–Trinajstić information content (AvgIpc) is 2.40.